The maximum Gasteiger partial charge on any atom is 0.151 e. The van der Waals surface area contributed by atoms with Crippen LogP contribution in [0.3, 0.4) is 0 Å². The van der Waals surface area contributed by atoms with Crippen LogP contribution in [0.2, 0.25) is 0 Å². The molecule has 0 N–H and O–H groups in total. The number of piperazine rings is 1. The fourth-order valence-electron chi connectivity index (χ4n) is 3.38. The highest BCUT2D eigenvalue weighted by atomic mass is 32.1. The number of aryl methyl sites for hydroxylation is 1. The Morgan fingerprint density at radius 2 is 1.79 bits per heavy atom. The molecule has 28 heavy (non-hydrogen) atoms. The molecule has 4 rings (SSSR count). The van der Waals surface area contributed by atoms with Crippen LogP contribution in [0, 0.1) is 6.92 Å². The van der Waals surface area contributed by atoms with Gasteiger partial charge in [-0.3, -0.25) is 4.90 Å². The lowest BCUT2D eigenvalue weighted by Gasteiger charge is -2.34. The Kier molecular flexibility index (Phi) is 5.83. The first-order chi connectivity index (χ1) is 13.7. The maximum atomic E-state index is 5.49. The van der Waals surface area contributed by atoms with E-state index in [1.807, 2.05) is 37.3 Å². The molecule has 1 aliphatic rings. The van der Waals surface area contributed by atoms with Gasteiger partial charge in [-0.1, -0.05) is 0 Å². The number of hydrogen-bond acceptors (Lipinski definition) is 7. The smallest absolute Gasteiger partial charge is 0.151 e. The van der Waals surface area contributed by atoms with Crippen molar-refractivity contribution in [1.82, 2.24) is 20.1 Å². The Morgan fingerprint density at radius 1 is 1.00 bits per heavy atom. The van der Waals surface area contributed by atoms with Crippen molar-refractivity contribution in [1.29, 1.82) is 0 Å². The second-order valence-corrected chi connectivity index (χ2v) is 7.92. The van der Waals surface area contributed by atoms with Gasteiger partial charge in [0.2, 0.25) is 0 Å². The monoisotopic (exact) mass is 395 g/mol. The van der Waals surface area contributed by atoms with Crippen LogP contribution in [0.4, 0.5) is 5.82 Å². The largest absolute Gasteiger partial charge is 0.494 e. The zero-order chi connectivity index (χ0) is 19.3. The standard InChI is InChI=1S/C21H25N5OS/c1-3-27-19-6-4-17(5-7-19)20-8-9-21(24-23-20)26-12-10-25(11-13-26)14-18-15-28-16(2)22-18/h4-9,15H,3,10-14H2,1-2H3. The second kappa shape index (κ2) is 8.67. The van der Waals surface area contributed by atoms with Crippen molar-refractivity contribution < 1.29 is 4.74 Å². The van der Waals surface area contributed by atoms with Gasteiger partial charge in [-0.2, -0.15) is 0 Å². The van der Waals surface area contributed by atoms with Crippen LogP contribution in [0.15, 0.2) is 41.8 Å². The van der Waals surface area contributed by atoms with Gasteiger partial charge in [0.05, 0.1) is 23.0 Å². The zero-order valence-electron chi connectivity index (χ0n) is 16.3. The molecule has 0 saturated carbocycles. The van der Waals surface area contributed by atoms with E-state index >= 15 is 0 Å². The lowest BCUT2D eigenvalue weighted by atomic mass is 10.1. The lowest BCUT2D eigenvalue weighted by Crippen LogP contribution is -2.46. The third kappa shape index (κ3) is 4.48. The summed E-state index contributed by atoms with van der Waals surface area (Å²) in [5, 5.41) is 12.2. The first-order valence-corrected chi connectivity index (χ1v) is 10.5. The summed E-state index contributed by atoms with van der Waals surface area (Å²) in [4.78, 5) is 9.32. The molecule has 1 saturated heterocycles. The van der Waals surface area contributed by atoms with Crippen molar-refractivity contribution in [3.63, 3.8) is 0 Å². The lowest BCUT2D eigenvalue weighted by molar-refractivity contribution is 0.247. The quantitative estimate of drug-likeness (QED) is 0.635. The van der Waals surface area contributed by atoms with E-state index in [0.29, 0.717) is 6.61 Å². The molecule has 0 aliphatic carbocycles. The number of thiazole rings is 1. The molecule has 3 heterocycles. The van der Waals surface area contributed by atoms with E-state index in [9.17, 15) is 0 Å². The van der Waals surface area contributed by atoms with Crippen LogP contribution in [-0.2, 0) is 6.54 Å². The highest BCUT2D eigenvalue weighted by Gasteiger charge is 2.19. The van der Waals surface area contributed by atoms with Crippen LogP contribution >= 0.6 is 11.3 Å². The summed E-state index contributed by atoms with van der Waals surface area (Å²) >= 11 is 1.72. The van der Waals surface area contributed by atoms with Crippen molar-refractivity contribution in [2.24, 2.45) is 0 Å². The predicted molar refractivity (Wildman–Crippen MR) is 113 cm³/mol. The fraction of sp³-hybridized carbons (Fsp3) is 0.381. The van der Waals surface area contributed by atoms with Crippen molar-refractivity contribution in [3.05, 3.63) is 52.5 Å². The molecule has 146 valence electrons. The Bertz CT molecular complexity index is 886. The Balaban J connectivity index is 1.34. The number of ether oxygens (including phenoxy) is 1. The van der Waals surface area contributed by atoms with E-state index in [2.05, 4.69) is 43.4 Å². The molecule has 0 atom stereocenters. The fourth-order valence-corrected chi connectivity index (χ4v) is 3.99. The van der Waals surface area contributed by atoms with E-state index in [-0.39, 0.29) is 0 Å². The summed E-state index contributed by atoms with van der Waals surface area (Å²) in [7, 11) is 0. The van der Waals surface area contributed by atoms with Crippen molar-refractivity contribution in [2.75, 3.05) is 37.7 Å². The van der Waals surface area contributed by atoms with E-state index in [1.165, 1.54) is 5.69 Å². The van der Waals surface area contributed by atoms with Crippen LogP contribution in [0.5, 0.6) is 5.75 Å². The van der Waals surface area contributed by atoms with Crippen LogP contribution in [0.25, 0.3) is 11.3 Å². The summed E-state index contributed by atoms with van der Waals surface area (Å²) in [6, 6.07) is 12.1. The first kappa shape index (κ1) is 18.8. The number of hydrogen-bond donors (Lipinski definition) is 0. The third-order valence-corrected chi connectivity index (χ3v) is 5.68. The van der Waals surface area contributed by atoms with Gasteiger partial charge in [0.1, 0.15) is 5.75 Å². The van der Waals surface area contributed by atoms with Crippen molar-refractivity contribution >= 4 is 17.2 Å². The van der Waals surface area contributed by atoms with Crippen LogP contribution in [0.1, 0.15) is 17.6 Å². The molecule has 6 nitrogen and oxygen atoms in total. The Hall–Kier alpha value is -2.51. The van der Waals surface area contributed by atoms with Crippen LogP contribution < -0.4 is 9.64 Å². The summed E-state index contributed by atoms with van der Waals surface area (Å²) in [5.41, 5.74) is 3.10. The van der Waals surface area contributed by atoms with E-state index in [0.717, 1.165) is 60.6 Å². The summed E-state index contributed by atoms with van der Waals surface area (Å²) in [6.45, 7) is 9.59. The minimum absolute atomic E-state index is 0.671. The van der Waals surface area contributed by atoms with Crippen LogP contribution in [-0.4, -0.2) is 52.9 Å². The average Bonchev–Trinajstić information content (AvgIpc) is 3.14. The van der Waals surface area contributed by atoms with Gasteiger partial charge in [-0.15, -0.1) is 21.5 Å². The Morgan fingerprint density at radius 3 is 2.39 bits per heavy atom. The SMILES string of the molecule is CCOc1ccc(-c2ccc(N3CCN(Cc4csc(C)n4)CC3)nn2)cc1. The molecule has 1 aromatic carbocycles. The topological polar surface area (TPSA) is 54.4 Å². The number of nitrogens with zero attached hydrogens (tertiary/aromatic N) is 5. The highest BCUT2D eigenvalue weighted by molar-refractivity contribution is 7.09. The normalized spacial score (nSPS) is 15.0. The molecule has 1 aliphatic heterocycles. The maximum absolute atomic E-state index is 5.49. The van der Waals surface area contributed by atoms with Gasteiger partial charge in [-0.25, -0.2) is 4.98 Å². The van der Waals surface area contributed by atoms with Crippen molar-refractivity contribution in [2.45, 2.75) is 20.4 Å². The second-order valence-electron chi connectivity index (χ2n) is 6.86. The average molecular weight is 396 g/mol. The Labute approximate surface area is 169 Å². The van der Waals surface area contributed by atoms with E-state index < -0.39 is 0 Å². The molecule has 3 aromatic rings. The van der Waals surface area contributed by atoms with E-state index in [1.54, 1.807) is 11.3 Å². The molecule has 7 heteroatoms. The molecular weight excluding hydrogens is 370 g/mol. The highest BCUT2D eigenvalue weighted by Crippen LogP contribution is 2.22. The summed E-state index contributed by atoms with van der Waals surface area (Å²) in [5.74, 6) is 1.82. The first-order valence-electron chi connectivity index (χ1n) is 9.66. The predicted octanol–water partition coefficient (Wildman–Crippen LogP) is 3.63. The van der Waals surface area contributed by atoms with Gasteiger partial charge in [0.25, 0.3) is 0 Å². The van der Waals surface area contributed by atoms with Gasteiger partial charge < -0.3 is 9.64 Å². The minimum Gasteiger partial charge on any atom is -0.494 e. The molecule has 0 amide bonds. The molecule has 0 radical (unpaired) electrons. The molecule has 0 bridgehead atoms. The van der Waals surface area contributed by atoms with Crippen molar-refractivity contribution in [3.8, 4) is 17.0 Å². The number of anilines is 1. The van der Waals surface area contributed by atoms with Gasteiger partial charge in [0.15, 0.2) is 5.82 Å². The number of rotatable bonds is 6. The third-order valence-electron chi connectivity index (χ3n) is 4.86. The van der Waals surface area contributed by atoms with E-state index in [4.69, 9.17) is 4.74 Å². The molecule has 0 spiro atoms. The summed E-state index contributed by atoms with van der Waals surface area (Å²) < 4.78 is 5.49. The number of aromatic nitrogens is 3. The molecule has 2 aromatic heterocycles. The van der Waals surface area contributed by atoms with Gasteiger partial charge in [-0.05, 0) is 50.2 Å². The molecular formula is C21H25N5OS. The minimum atomic E-state index is 0.671. The molecule has 0 unspecified atom stereocenters. The number of benzene rings is 1. The van der Waals surface area contributed by atoms with Gasteiger partial charge >= 0.3 is 0 Å². The zero-order valence-corrected chi connectivity index (χ0v) is 17.2. The summed E-state index contributed by atoms with van der Waals surface area (Å²) in [6.07, 6.45) is 0. The molecule has 1 fully saturated rings. The van der Waals surface area contributed by atoms with Gasteiger partial charge in [0, 0.05) is 43.7 Å².